The quantitative estimate of drug-likeness (QED) is 0.398. The molecule has 0 aliphatic rings. The molecule has 3 aromatic rings. The highest BCUT2D eigenvalue weighted by molar-refractivity contribution is 7.80. The average molecular weight is 427 g/mol. The van der Waals surface area contributed by atoms with Crippen molar-refractivity contribution >= 4 is 45.6 Å². The van der Waals surface area contributed by atoms with E-state index in [2.05, 4.69) is 10.6 Å². The summed E-state index contributed by atoms with van der Waals surface area (Å²) < 4.78 is 4.88. The Morgan fingerprint density at radius 1 is 1.10 bits per heavy atom. The summed E-state index contributed by atoms with van der Waals surface area (Å²) in [6.45, 7) is 0.413. The molecule has 0 bridgehead atoms. The lowest BCUT2D eigenvalue weighted by Gasteiger charge is -2.10. The van der Waals surface area contributed by atoms with Gasteiger partial charge in [-0.15, -0.1) is 11.3 Å². The van der Waals surface area contributed by atoms with Crippen molar-refractivity contribution in [3.05, 3.63) is 77.4 Å². The van der Waals surface area contributed by atoms with Crippen molar-refractivity contribution in [3.8, 4) is 10.4 Å². The van der Waals surface area contributed by atoms with Gasteiger partial charge in [0.25, 0.3) is 0 Å². The van der Waals surface area contributed by atoms with Crippen LogP contribution in [0, 0.1) is 0 Å². The maximum absolute atomic E-state index is 12.2. The maximum atomic E-state index is 12.2. The topological polar surface area (TPSA) is 87.7 Å². The van der Waals surface area contributed by atoms with Crippen LogP contribution in [0.4, 0.5) is 5.00 Å². The number of ether oxygens (including phenoxy) is 1. The van der Waals surface area contributed by atoms with Crippen molar-refractivity contribution in [1.82, 2.24) is 5.32 Å². The van der Waals surface area contributed by atoms with Crippen LogP contribution in [0.15, 0.2) is 60.7 Å². The zero-order valence-corrected chi connectivity index (χ0v) is 17.1. The number of thiocarbonyl (C=S) groups is 1. The lowest BCUT2D eigenvalue weighted by molar-refractivity contribution is 0.0601. The molecule has 2 aromatic carbocycles. The first-order chi connectivity index (χ1) is 14.0. The number of rotatable bonds is 6. The van der Waals surface area contributed by atoms with Crippen LogP contribution in [0.25, 0.3) is 10.4 Å². The van der Waals surface area contributed by atoms with Crippen LogP contribution >= 0.6 is 23.6 Å². The van der Waals surface area contributed by atoms with Gasteiger partial charge < -0.3 is 20.5 Å². The molecule has 8 heteroatoms. The van der Waals surface area contributed by atoms with Gasteiger partial charge >= 0.3 is 11.9 Å². The van der Waals surface area contributed by atoms with Crippen molar-refractivity contribution in [2.24, 2.45) is 0 Å². The second-order valence-electron chi connectivity index (χ2n) is 6.02. The largest absolute Gasteiger partial charge is 0.478 e. The Morgan fingerprint density at radius 2 is 1.79 bits per heavy atom. The molecular weight excluding hydrogens is 408 g/mol. The van der Waals surface area contributed by atoms with E-state index >= 15 is 0 Å². The fraction of sp³-hybridized carbons (Fsp3) is 0.0952. The summed E-state index contributed by atoms with van der Waals surface area (Å²) in [5, 5.41) is 16.0. The Bertz CT molecular complexity index is 1030. The predicted octanol–water partition coefficient (Wildman–Crippen LogP) is 4.39. The SMILES string of the molecule is COC(=O)c1cc(-c2ccccc2)sc1NC(=S)NCc1ccc(C(=O)O)cc1. The Morgan fingerprint density at radius 3 is 2.41 bits per heavy atom. The second kappa shape index (κ2) is 9.31. The van der Waals surface area contributed by atoms with Crippen LogP contribution in [0.5, 0.6) is 0 Å². The molecule has 148 valence electrons. The molecule has 3 rings (SSSR count). The first kappa shape index (κ1) is 20.5. The third kappa shape index (κ3) is 5.18. The molecule has 0 saturated carbocycles. The summed E-state index contributed by atoms with van der Waals surface area (Å²) >= 11 is 6.76. The van der Waals surface area contributed by atoms with E-state index in [1.54, 1.807) is 18.2 Å². The standard InChI is InChI=1S/C21H18N2O4S2/c1-27-20(26)16-11-17(14-5-3-2-4-6-14)29-18(16)23-21(28)22-12-13-7-9-15(10-8-13)19(24)25/h2-11H,12H2,1H3,(H,24,25)(H2,22,23,28). The van der Waals surface area contributed by atoms with Gasteiger partial charge in [-0.1, -0.05) is 42.5 Å². The Hall–Kier alpha value is -3.23. The number of carboxylic acids is 1. The molecule has 6 nitrogen and oxygen atoms in total. The molecule has 0 aliphatic heterocycles. The van der Waals surface area contributed by atoms with Crippen LogP contribution in [0.1, 0.15) is 26.3 Å². The maximum Gasteiger partial charge on any atom is 0.340 e. The first-order valence-corrected chi connectivity index (χ1v) is 9.85. The van der Waals surface area contributed by atoms with Gasteiger partial charge in [-0.3, -0.25) is 0 Å². The van der Waals surface area contributed by atoms with Crippen molar-refractivity contribution in [2.45, 2.75) is 6.54 Å². The van der Waals surface area contributed by atoms with E-state index in [0.29, 0.717) is 22.2 Å². The van der Waals surface area contributed by atoms with Gasteiger partial charge in [0.15, 0.2) is 5.11 Å². The van der Waals surface area contributed by atoms with Crippen molar-refractivity contribution < 1.29 is 19.4 Å². The highest BCUT2D eigenvalue weighted by Crippen LogP contribution is 2.35. The van der Waals surface area contributed by atoms with E-state index in [9.17, 15) is 9.59 Å². The van der Waals surface area contributed by atoms with Crippen molar-refractivity contribution in [3.63, 3.8) is 0 Å². The lowest BCUT2D eigenvalue weighted by atomic mass is 10.1. The number of hydrogen-bond acceptors (Lipinski definition) is 5. The summed E-state index contributed by atoms with van der Waals surface area (Å²) in [4.78, 5) is 24.0. The number of carbonyl (C=O) groups excluding carboxylic acids is 1. The van der Waals surface area contributed by atoms with E-state index in [0.717, 1.165) is 16.0 Å². The number of carboxylic acid groups (broad SMARTS) is 1. The molecule has 0 aliphatic carbocycles. The van der Waals surface area contributed by atoms with Gasteiger partial charge in [-0.05, 0) is 41.5 Å². The first-order valence-electron chi connectivity index (χ1n) is 8.62. The van der Waals surface area contributed by atoms with Crippen molar-refractivity contribution in [2.75, 3.05) is 12.4 Å². The number of hydrogen-bond donors (Lipinski definition) is 3. The molecule has 0 fully saturated rings. The van der Waals surface area contributed by atoms with E-state index in [1.807, 2.05) is 30.3 Å². The Balaban J connectivity index is 1.71. The van der Waals surface area contributed by atoms with Crippen LogP contribution < -0.4 is 10.6 Å². The van der Waals surface area contributed by atoms with E-state index in [-0.39, 0.29) is 5.56 Å². The van der Waals surface area contributed by atoms with Crippen LogP contribution in [0.2, 0.25) is 0 Å². The highest BCUT2D eigenvalue weighted by Gasteiger charge is 2.18. The highest BCUT2D eigenvalue weighted by atomic mass is 32.1. The fourth-order valence-corrected chi connectivity index (χ4v) is 3.88. The number of benzene rings is 2. The van der Waals surface area contributed by atoms with Crippen molar-refractivity contribution in [1.29, 1.82) is 0 Å². The minimum Gasteiger partial charge on any atom is -0.478 e. The molecule has 3 N–H and O–H groups in total. The van der Waals surface area contributed by atoms with Gasteiger partial charge in [0.1, 0.15) is 5.00 Å². The second-order valence-corrected chi connectivity index (χ2v) is 7.48. The smallest absolute Gasteiger partial charge is 0.340 e. The zero-order chi connectivity index (χ0) is 20.8. The minimum absolute atomic E-state index is 0.226. The van der Waals surface area contributed by atoms with Gasteiger partial charge in [0.2, 0.25) is 0 Å². The monoisotopic (exact) mass is 426 g/mol. The molecule has 0 saturated heterocycles. The molecular formula is C21H18N2O4S2. The molecule has 0 radical (unpaired) electrons. The Kier molecular flexibility index (Phi) is 6.58. The van der Waals surface area contributed by atoms with Gasteiger partial charge in [0.05, 0.1) is 18.2 Å². The van der Waals surface area contributed by atoms with Gasteiger partial charge in [0, 0.05) is 11.4 Å². The third-order valence-corrected chi connectivity index (χ3v) is 5.42. The molecule has 29 heavy (non-hydrogen) atoms. The van der Waals surface area contributed by atoms with Gasteiger partial charge in [-0.25, -0.2) is 9.59 Å². The number of nitrogens with one attached hydrogen (secondary N) is 2. The van der Waals surface area contributed by atoms with E-state index in [1.165, 1.54) is 30.6 Å². The number of methoxy groups -OCH3 is 1. The minimum atomic E-state index is -0.969. The summed E-state index contributed by atoms with van der Waals surface area (Å²) in [6, 6.07) is 18.0. The molecule has 0 spiro atoms. The number of carbonyl (C=O) groups is 2. The normalized spacial score (nSPS) is 10.2. The molecule has 1 heterocycles. The number of aromatic carboxylic acids is 1. The van der Waals surface area contributed by atoms with Gasteiger partial charge in [-0.2, -0.15) is 0 Å². The summed E-state index contributed by atoms with van der Waals surface area (Å²) in [6.07, 6.45) is 0. The summed E-state index contributed by atoms with van der Waals surface area (Å²) in [5.74, 6) is -1.41. The molecule has 0 amide bonds. The summed E-state index contributed by atoms with van der Waals surface area (Å²) in [7, 11) is 1.34. The number of anilines is 1. The Labute approximate surface area is 177 Å². The molecule has 1 aromatic heterocycles. The lowest BCUT2D eigenvalue weighted by Crippen LogP contribution is -2.28. The molecule has 0 atom stereocenters. The van der Waals surface area contributed by atoms with E-state index in [4.69, 9.17) is 22.1 Å². The zero-order valence-electron chi connectivity index (χ0n) is 15.5. The third-order valence-electron chi connectivity index (χ3n) is 4.08. The predicted molar refractivity (Wildman–Crippen MR) is 118 cm³/mol. The molecule has 0 unspecified atom stereocenters. The van der Waals surface area contributed by atoms with Crippen LogP contribution in [-0.2, 0) is 11.3 Å². The average Bonchev–Trinajstić information content (AvgIpc) is 3.16. The van der Waals surface area contributed by atoms with E-state index < -0.39 is 11.9 Å². The number of esters is 1. The summed E-state index contributed by atoms with van der Waals surface area (Å²) in [5.41, 5.74) is 2.51. The van der Waals surface area contributed by atoms with Crippen LogP contribution in [-0.4, -0.2) is 29.3 Å². The van der Waals surface area contributed by atoms with Crippen LogP contribution in [0.3, 0.4) is 0 Å². The number of thiophene rings is 1. The fourth-order valence-electron chi connectivity index (χ4n) is 2.58.